The largest absolute Gasteiger partial charge is 0.490 e. The first kappa shape index (κ1) is 20.1. The van der Waals surface area contributed by atoms with Gasteiger partial charge in [-0.2, -0.15) is 0 Å². The SMILES string of the molecule is CC1=C(C(=O)OCCOc2ccccc2)[C@H](c2ccccc2[N+](=O)[O-])CC(=O)N1. The molecule has 29 heavy (non-hydrogen) atoms. The molecule has 150 valence electrons. The van der Waals surface area contributed by atoms with E-state index in [2.05, 4.69) is 5.32 Å². The number of nitrogens with zero attached hydrogens (tertiary/aromatic N) is 1. The van der Waals surface area contributed by atoms with Crippen molar-refractivity contribution in [2.45, 2.75) is 19.3 Å². The number of esters is 1. The predicted octanol–water partition coefficient (Wildman–Crippen LogP) is 3.09. The van der Waals surface area contributed by atoms with Crippen molar-refractivity contribution in [2.75, 3.05) is 13.2 Å². The van der Waals surface area contributed by atoms with Gasteiger partial charge in [-0.05, 0) is 19.1 Å². The average molecular weight is 396 g/mol. The molecule has 1 aliphatic heterocycles. The molecule has 0 saturated carbocycles. The lowest BCUT2D eigenvalue weighted by molar-refractivity contribution is -0.385. The fraction of sp³-hybridized carbons (Fsp3) is 0.238. The Labute approximate surface area is 167 Å². The molecule has 0 aliphatic carbocycles. The second-order valence-corrected chi connectivity index (χ2v) is 6.46. The number of amides is 1. The normalized spacial score (nSPS) is 16.2. The van der Waals surface area contributed by atoms with E-state index in [-0.39, 0.29) is 36.8 Å². The number of hydrogen-bond acceptors (Lipinski definition) is 6. The number of nitro groups is 1. The Balaban J connectivity index is 1.76. The van der Waals surface area contributed by atoms with Crippen LogP contribution in [-0.2, 0) is 14.3 Å². The van der Waals surface area contributed by atoms with Crippen molar-refractivity contribution in [1.82, 2.24) is 5.32 Å². The Bertz CT molecular complexity index is 955. The first-order valence-electron chi connectivity index (χ1n) is 9.06. The van der Waals surface area contributed by atoms with Crippen LogP contribution in [0, 0.1) is 10.1 Å². The maximum atomic E-state index is 12.7. The van der Waals surface area contributed by atoms with Crippen molar-refractivity contribution in [2.24, 2.45) is 0 Å². The number of carbonyl (C=O) groups is 2. The molecular formula is C21H20N2O6. The van der Waals surface area contributed by atoms with Gasteiger partial charge in [-0.25, -0.2) is 4.79 Å². The summed E-state index contributed by atoms with van der Waals surface area (Å²) in [5, 5.41) is 14.0. The summed E-state index contributed by atoms with van der Waals surface area (Å²) in [6.45, 7) is 1.74. The number of nitro benzene ring substituents is 1. The summed E-state index contributed by atoms with van der Waals surface area (Å²) in [7, 11) is 0. The van der Waals surface area contributed by atoms with Gasteiger partial charge in [0.25, 0.3) is 5.69 Å². The minimum Gasteiger partial charge on any atom is -0.490 e. The lowest BCUT2D eigenvalue weighted by atomic mass is 9.83. The molecule has 1 heterocycles. The van der Waals surface area contributed by atoms with Crippen LogP contribution >= 0.6 is 0 Å². The molecule has 0 radical (unpaired) electrons. The second kappa shape index (κ2) is 9.01. The highest BCUT2D eigenvalue weighted by atomic mass is 16.6. The lowest BCUT2D eigenvalue weighted by Crippen LogP contribution is -2.34. The van der Waals surface area contributed by atoms with Crippen molar-refractivity contribution in [3.05, 3.63) is 81.5 Å². The van der Waals surface area contributed by atoms with Crippen LogP contribution in [0.4, 0.5) is 5.69 Å². The summed E-state index contributed by atoms with van der Waals surface area (Å²) in [4.78, 5) is 35.7. The van der Waals surface area contributed by atoms with E-state index in [0.29, 0.717) is 17.0 Å². The van der Waals surface area contributed by atoms with Crippen LogP contribution in [0.15, 0.2) is 65.9 Å². The van der Waals surface area contributed by atoms with Crippen molar-refractivity contribution < 1.29 is 24.0 Å². The van der Waals surface area contributed by atoms with Gasteiger partial charge in [-0.1, -0.05) is 36.4 Å². The Morgan fingerprint density at radius 2 is 1.83 bits per heavy atom. The van der Waals surface area contributed by atoms with Gasteiger partial charge < -0.3 is 14.8 Å². The molecule has 1 amide bonds. The Hall–Kier alpha value is -3.68. The van der Waals surface area contributed by atoms with Gasteiger partial charge in [-0.3, -0.25) is 14.9 Å². The maximum absolute atomic E-state index is 12.7. The first-order chi connectivity index (χ1) is 14.0. The first-order valence-corrected chi connectivity index (χ1v) is 9.06. The van der Waals surface area contributed by atoms with Gasteiger partial charge in [0.1, 0.15) is 19.0 Å². The maximum Gasteiger partial charge on any atom is 0.336 e. The molecule has 3 rings (SSSR count). The van der Waals surface area contributed by atoms with Crippen LogP contribution in [0.5, 0.6) is 5.75 Å². The molecule has 8 nitrogen and oxygen atoms in total. The molecule has 0 saturated heterocycles. The summed E-state index contributed by atoms with van der Waals surface area (Å²) in [5.74, 6) is -1.05. The molecular weight excluding hydrogens is 376 g/mol. The Morgan fingerprint density at radius 1 is 1.14 bits per heavy atom. The van der Waals surface area contributed by atoms with Gasteiger partial charge in [0.05, 0.1) is 10.5 Å². The second-order valence-electron chi connectivity index (χ2n) is 6.46. The number of allylic oxidation sites excluding steroid dienone is 1. The van der Waals surface area contributed by atoms with Crippen LogP contribution in [0.3, 0.4) is 0 Å². The summed E-state index contributed by atoms with van der Waals surface area (Å²) in [6.07, 6.45) is -0.0762. The van der Waals surface area contributed by atoms with E-state index >= 15 is 0 Å². The van der Waals surface area contributed by atoms with Crippen molar-refractivity contribution in [3.8, 4) is 5.75 Å². The zero-order valence-electron chi connectivity index (χ0n) is 15.8. The van der Waals surface area contributed by atoms with E-state index in [4.69, 9.17) is 9.47 Å². The summed E-state index contributed by atoms with van der Waals surface area (Å²) < 4.78 is 10.8. The molecule has 1 atom stereocenters. The standard InChI is InChI=1S/C21H20N2O6/c1-14-20(21(25)29-12-11-28-15-7-3-2-4-8-15)17(13-19(24)22-14)16-9-5-6-10-18(16)23(26)27/h2-10,17H,11-13H2,1H3,(H,22,24)/t17-/m0/s1. The van der Waals surface area contributed by atoms with Crippen LogP contribution in [0.25, 0.3) is 0 Å². The molecule has 0 spiro atoms. The highest BCUT2D eigenvalue weighted by molar-refractivity contribution is 5.96. The Kier molecular flexibility index (Phi) is 6.23. The third kappa shape index (κ3) is 4.78. The fourth-order valence-electron chi connectivity index (χ4n) is 3.27. The average Bonchev–Trinajstić information content (AvgIpc) is 2.71. The van der Waals surface area contributed by atoms with Crippen molar-refractivity contribution in [1.29, 1.82) is 0 Å². The van der Waals surface area contributed by atoms with Gasteiger partial charge in [0.15, 0.2) is 0 Å². The van der Waals surface area contributed by atoms with Crippen LogP contribution in [-0.4, -0.2) is 30.0 Å². The van der Waals surface area contributed by atoms with Gasteiger partial charge in [0.2, 0.25) is 5.91 Å². The van der Waals surface area contributed by atoms with E-state index in [0.717, 1.165) is 0 Å². The van der Waals surface area contributed by atoms with Crippen molar-refractivity contribution in [3.63, 3.8) is 0 Å². The topological polar surface area (TPSA) is 108 Å². The molecule has 2 aromatic carbocycles. The minimum atomic E-state index is -0.757. The summed E-state index contributed by atoms with van der Waals surface area (Å²) in [6, 6.07) is 15.2. The number of benzene rings is 2. The molecule has 0 bridgehead atoms. The van der Waals surface area contributed by atoms with E-state index in [1.165, 1.54) is 6.07 Å². The molecule has 1 aliphatic rings. The van der Waals surface area contributed by atoms with Gasteiger partial charge in [-0.15, -0.1) is 0 Å². The summed E-state index contributed by atoms with van der Waals surface area (Å²) in [5.41, 5.74) is 0.703. The number of para-hydroxylation sites is 2. The number of ether oxygens (including phenoxy) is 2. The molecule has 0 unspecified atom stereocenters. The number of nitrogens with one attached hydrogen (secondary N) is 1. The minimum absolute atomic E-state index is 0.00204. The molecule has 0 aromatic heterocycles. The monoisotopic (exact) mass is 396 g/mol. The highest BCUT2D eigenvalue weighted by Crippen LogP contribution is 2.37. The van der Waals surface area contributed by atoms with E-state index in [9.17, 15) is 19.7 Å². The molecule has 1 N–H and O–H groups in total. The van der Waals surface area contributed by atoms with Gasteiger partial charge >= 0.3 is 5.97 Å². The van der Waals surface area contributed by atoms with Crippen LogP contribution in [0.2, 0.25) is 0 Å². The Morgan fingerprint density at radius 3 is 2.55 bits per heavy atom. The zero-order chi connectivity index (χ0) is 20.8. The number of rotatable bonds is 7. The smallest absolute Gasteiger partial charge is 0.336 e. The van der Waals surface area contributed by atoms with Crippen LogP contribution < -0.4 is 10.1 Å². The summed E-state index contributed by atoms with van der Waals surface area (Å²) >= 11 is 0. The number of carbonyl (C=O) groups excluding carboxylic acids is 2. The van der Waals surface area contributed by atoms with Crippen molar-refractivity contribution >= 4 is 17.6 Å². The quantitative estimate of drug-likeness (QED) is 0.333. The predicted molar refractivity (Wildman–Crippen MR) is 104 cm³/mol. The molecule has 0 fully saturated rings. The molecule has 2 aromatic rings. The molecule has 8 heteroatoms. The number of hydrogen-bond donors (Lipinski definition) is 1. The zero-order valence-corrected chi connectivity index (χ0v) is 15.8. The third-order valence-electron chi connectivity index (χ3n) is 4.53. The van der Waals surface area contributed by atoms with E-state index < -0.39 is 16.8 Å². The van der Waals surface area contributed by atoms with Crippen LogP contribution in [0.1, 0.15) is 24.8 Å². The third-order valence-corrected chi connectivity index (χ3v) is 4.53. The van der Waals surface area contributed by atoms with Gasteiger partial charge in [0, 0.05) is 29.7 Å². The lowest BCUT2D eigenvalue weighted by Gasteiger charge is -2.26. The van der Waals surface area contributed by atoms with E-state index in [1.54, 1.807) is 37.3 Å². The fourth-order valence-corrected chi connectivity index (χ4v) is 3.27. The highest BCUT2D eigenvalue weighted by Gasteiger charge is 2.36. The van der Waals surface area contributed by atoms with E-state index in [1.807, 2.05) is 18.2 Å².